The van der Waals surface area contributed by atoms with Crippen LogP contribution >= 0.6 is 0 Å². The third-order valence-corrected chi connectivity index (χ3v) is 4.57. The molecule has 4 rings (SSSR count). The highest BCUT2D eigenvalue weighted by molar-refractivity contribution is 5.94. The van der Waals surface area contributed by atoms with Crippen molar-refractivity contribution in [1.82, 2.24) is 15.0 Å². The summed E-state index contributed by atoms with van der Waals surface area (Å²) in [5.41, 5.74) is 2.97. The molecule has 2 aromatic carbocycles. The molecule has 0 aliphatic heterocycles. The van der Waals surface area contributed by atoms with E-state index in [0.717, 1.165) is 22.3 Å². The topological polar surface area (TPSA) is 97.1 Å². The largest absolute Gasteiger partial charge is 0.354 e. The SMILES string of the molecule is Cc1ccc2c(Nc3ncnc(N(C)c4ccccc4)c3[N+](=O)[O-])cccc2n1. The van der Waals surface area contributed by atoms with Crippen molar-refractivity contribution in [3.05, 3.63) is 82.8 Å². The number of aromatic nitrogens is 3. The lowest BCUT2D eigenvalue weighted by Gasteiger charge is -2.19. The molecule has 8 nitrogen and oxygen atoms in total. The van der Waals surface area contributed by atoms with Crippen LogP contribution in [0.25, 0.3) is 10.9 Å². The zero-order valence-corrected chi connectivity index (χ0v) is 15.9. The average Bonchev–Trinajstić information content (AvgIpc) is 2.73. The predicted octanol–water partition coefficient (Wildman–Crippen LogP) is 4.75. The third-order valence-electron chi connectivity index (χ3n) is 4.57. The molecule has 0 saturated carbocycles. The van der Waals surface area contributed by atoms with Gasteiger partial charge < -0.3 is 10.2 Å². The first-order chi connectivity index (χ1) is 14.0. The van der Waals surface area contributed by atoms with E-state index in [1.807, 2.05) is 67.6 Å². The summed E-state index contributed by atoms with van der Waals surface area (Å²) in [7, 11) is 1.74. The van der Waals surface area contributed by atoms with Gasteiger partial charge in [-0.15, -0.1) is 0 Å². The number of nitrogens with one attached hydrogen (secondary N) is 1. The van der Waals surface area contributed by atoms with Crippen LogP contribution in [0.5, 0.6) is 0 Å². The molecule has 0 saturated heterocycles. The number of hydrogen-bond acceptors (Lipinski definition) is 7. The van der Waals surface area contributed by atoms with Crippen LogP contribution in [0, 0.1) is 17.0 Å². The van der Waals surface area contributed by atoms with E-state index < -0.39 is 4.92 Å². The Morgan fingerprint density at radius 1 is 1.00 bits per heavy atom. The minimum absolute atomic E-state index is 0.121. The van der Waals surface area contributed by atoms with E-state index in [2.05, 4.69) is 20.3 Å². The van der Waals surface area contributed by atoms with Gasteiger partial charge in [-0.2, -0.15) is 0 Å². The summed E-state index contributed by atoms with van der Waals surface area (Å²) in [5, 5.41) is 15.9. The maximum atomic E-state index is 11.9. The molecule has 0 atom stereocenters. The van der Waals surface area contributed by atoms with Crippen LogP contribution in [-0.2, 0) is 0 Å². The average molecular weight is 386 g/mol. The number of nitro groups is 1. The summed E-state index contributed by atoms with van der Waals surface area (Å²) >= 11 is 0. The van der Waals surface area contributed by atoms with Crippen LogP contribution in [0.1, 0.15) is 5.69 Å². The van der Waals surface area contributed by atoms with Crippen molar-refractivity contribution in [2.45, 2.75) is 6.92 Å². The van der Waals surface area contributed by atoms with Gasteiger partial charge in [-0.05, 0) is 43.3 Å². The number of hydrogen-bond donors (Lipinski definition) is 1. The number of anilines is 4. The van der Waals surface area contributed by atoms with E-state index >= 15 is 0 Å². The van der Waals surface area contributed by atoms with Gasteiger partial charge >= 0.3 is 5.69 Å². The smallest absolute Gasteiger partial charge is 0.334 e. The molecule has 1 N–H and O–H groups in total. The second-order valence-electron chi connectivity index (χ2n) is 6.50. The lowest BCUT2D eigenvalue weighted by Crippen LogP contribution is -2.15. The highest BCUT2D eigenvalue weighted by atomic mass is 16.6. The van der Waals surface area contributed by atoms with Gasteiger partial charge in [-0.25, -0.2) is 9.97 Å². The number of nitrogens with zero attached hydrogens (tertiary/aromatic N) is 5. The number of aryl methyl sites for hydroxylation is 1. The third kappa shape index (κ3) is 3.55. The molecule has 29 heavy (non-hydrogen) atoms. The maximum absolute atomic E-state index is 11.9. The second kappa shape index (κ2) is 7.51. The molecule has 2 heterocycles. The highest BCUT2D eigenvalue weighted by Crippen LogP contribution is 2.37. The standard InChI is InChI=1S/C21H18N6O2/c1-14-11-12-16-17(24-14)9-6-10-18(16)25-20-19(27(28)29)21(23-13-22-20)26(2)15-7-4-3-5-8-15/h3-13H,1-2H3,(H,22,23,25). The molecule has 2 aromatic heterocycles. The molecule has 0 bridgehead atoms. The van der Waals surface area contributed by atoms with Crippen LogP contribution in [-0.4, -0.2) is 26.9 Å². The van der Waals surface area contributed by atoms with Crippen LogP contribution in [0.2, 0.25) is 0 Å². The maximum Gasteiger partial charge on any atom is 0.354 e. The number of benzene rings is 2. The molecule has 0 radical (unpaired) electrons. The summed E-state index contributed by atoms with van der Waals surface area (Å²) in [6, 6.07) is 18.8. The normalized spacial score (nSPS) is 10.7. The minimum atomic E-state index is -0.468. The fourth-order valence-electron chi connectivity index (χ4n) is 3.14. The van der Waals surface area contributed by atoms with Crippen molar-refractivity contribution < 1.29 is 4.92 Å². The molecule has 144 valence electrons. The zero-order chi connectivity index (χ0) is 20.4. The van der Waals surface area contributed by atoms with Gasteiger partial charge in [-0.3, -0.25) is 15.1 Å². The summed E-state index contributed by atoms with van der Waals surface area (Å²) in [5.74, 6) is 0.323. The Morgan fingerprint density at radius 2 is 1.79 bits per heavy atom. The number of rotatable bonds is 5. The van der Waals surface area contributed by atoms with E-state index in [1.165, 1.54) is 6.33 Å². The molecular formula is C21H18N6O2. The lowest BCUT2D eigenvalue weighted by molar-refractivity contribution is -0.383. The van der Waals surface area contributed by atoms with Crippen molar-refractivity contribution in [2.24, 2.45) is 0 Å². The van der Waals surface area contributed by atoms with Gasteiger partial charge in [0.2, 0.25) is 11.6 Å². The van der Waals surface area contributed by atoms with Crippen molar-refractivity contribution in [3.63, 3.8) is 0 Å². The zero-order valence-electron chi connectivity index (χ0n) is 15.9. The number of pyridine rings is 1. The molecular weight excluding hydrogens is 368 g/mol. The van der Waals surface area contributed by atoms with E-state index in [-0.39, 0.29) is 17.3 Å². The van der Waals surface area contributed by atoms with Gasteiger partial charge in [0.1, 0.15) is 6.33 Å². The summed E-state index contributed by atoms with van der Waals surface area (Å²) < 4.78 is 0. The Labute approximate surface area is 167 Å². The van der Waals surface area contributed by atoms with Gasteiger partial charge in [-0.1, -0.05) is 24.3 Å². The van der Waals surface area contributed by atoms with Gasteiger partial charge in [0.15, 0.2) is 0 Å². The Hall–Kier alpha value is -4.07. The summed E-state index contributed by atoms with van der Waals surface area (Å²) in [4.78, 5) is 25.9. The first-order valence-corrected chi connectivity index (χ1v) is 8.96. The van der Waals surface area contributed by atoms with Gasteiger partial charge in [0.25, 0.3) is 0 Å². The van der Waals surface area contributed by atoms with Crippen molar-refractivity contribution >= 4 is 39.6 Å². The lowest BCUT2D eigenvalue weighted by atomic mass is 10.1. The summed E-state index contributed by atoms with van der Waals surface area (Å²) in [6.07, 6.45) is 1.32. The molecule has 0 amide bonds. The summed E-state index contributed by atoms with van der Waals surface area (Å²) in [6.45, 7) is 1.92. The van der Waals surface area contributed by atoms with E-state index in [1.54, 1.807) is 11.9 Å². The minimum Gasteiger partial charge on any atom is -0.334 e. The highest BCUT2D eigenvalue weighted by Gasteiger charge is 2.26. The van der Waals surface area contributed by atoms with E-state index in [4.69, 9.17) is 0 Å². The molecule has 0 spiro atoms. The van der Waals surface area contributed by atoms with Gasteiger partial charge in [0, 0.05) is 29.5 Å². The quantitative estimate of drug-likeness (QED) is 0.390. The Morgan fingerprint density at radius 3 is 2.55 bits per heavy atom. The fourth-order valence-corrected chi connectivity index (χ4v) is 3.14. The Balaban J connectivity index is 1.80. The van der Waals surface area contributed by atoms with E-state index in [0.29, 0.717) is 5.69 Å². The van der Waals surface area contributed by atoms with Crippen LogP contribution in [0.3, 0.4) is 0 Å². The second-order valence-corrected chi connectivity index (χ2v) is 6.50. The van der Waals surface area contributed by atoms with Crippen molar-refractivity contribution in [3.8, 4) is 0 Å². The van der Waals surface area contributed by atoms with Crippen molar-refractivity contribution in [2.75, 3.05) is 17.3 Å². The van der Waals surface area contributed by atoms with Crippen LogP contribution in [0.4, 0.5) is 28.7 Å². The number of para-hydroxylation sites is 1. The molecule has 8 heteroatoms. The fraction of sp³-hybridized carbons (Fsp3) is 0.0952. The Kier molecular flexibility index (Phi) is 4.74. The molecule has 0 fully saturated rings. The predicted molar refractivity (Wildman–Crippen MR) is 113 cm³/mol. The van der Waals surface area contributed by atoms with Crippen LogP contribution in [0.15, 0.2) is 67.0 Å². The number of fused-ring (bicyclic) bond motifs is 1. The molecule has 0 unspecified atom stereocenters. The van der Waals surface area contributed by atoms with Crippen LogP contribution < -0.4 is 10.2 Å². The monoisotopic (exact) mass is 386 g/mol. The Bertz CT molecular complexity index is 1200. The van der Waals surface area contributed by atoms with E-state index in [9.17, 15) is 10.1 Å². The first-order valence-electron chi connectivity index (χ1n) is 8.96. The molecule has 0 aliphatic rings. The van der Waals surface area contributed by atoms with Gasteiger partial charge in [0.05, 0.1) is 10.4 Å². The molecule has 0 aliphatic carbocycles. The first kappa shape index (κ1) is 18.3. The van der Waals surface area contributed by atoms with Crippen molar-refractivity contribution in [1.29, 1.82) is 0 Å². The molecule has 4 aromatic rings.